The zero-order chi connectivity index (χ0) is 13.8. The van der Waals surface area contributed by atoms with E-state index in [1.54, 1.807) is 17.6 Å². The molecule has 1 N–H and O–H groups in total. The highest BCUT2D eigenvalue weighted by atomic mass is 32.1. The largest absolute Gasteiger partial charge is 0.462 e. The molecule has 3 rings (SSSR count). The van der Waals surface area contributed by atoms with Gasteiger partial charge < -0.3 is 9.73 Å². The lowest BCUT2D eigenvalue weighted by Gasteiger charge is -2.27. The molecule has 1 aliphatic heterocycles. The summed E-state index contributed by atoms with van der Waals surface area (Å²) in [5.41, 5.74) is 1.15. The minimum Gasteiger partial charge on any atom is -0.462 e. The minimum absolute atomic E-state index is 0.656. The first-order valence-electron chi connectivity index (χ1n) is 7.30. The summed E-state index contributed by atoms with van der Waals surface area (Å²) in [6.45, 7) is 6.57. The van der Waals surface area contributed by atoms with Crippen LogP contribution in [0.15, 0.2) is 28.2 Å². The first kappa shape index (κ1) is 13.8. The third-order valence-corrected chi connectivity index (χ3v) is 4.62. The average Bonchev–Trinajstić information content (AvgIpc) is 3.20. The van der Waals surface area contributed by atoms with Crippen LogP contribution in [0.25, 0.3) is 10.8 Å². The maximum absolute atomic E-state index is 5.41. The van der Waals surface area contributed by atoms with Crippen molar-refractivity contribution in [2.24, 2.45) is 0 Å². The SMILES string of the molecule is CCCN(Cc1csc(-c2ccco2)n1)C1CCNC1. The van der Waals surface area contributed by atoms with E-state index in [1.807, 2.05) is 12.1 Å². The second-order valence-electron chi connectivity index (χ2n) is 5.24. The van der Waals surface area contributed by atoms with Crippen molar-refractivity contribution in [3.8, 4) is 10.8 Å². The normalized spacial score (nSPS) is 19.0. The summed E-state index contributed by atoms with van der Waals surface area (Å²) in [7, 11) is 0. The molecule has 0 aliphatic carbocycles. The van der Waals surface area contributed by atoms with Crippen LogP contribution in [-0.2, 0) is 6.54 Å². The van der Waals surface area contributed by atoms with Gasteiger partial charge in [-0.1, -0.05) is 6.92 Å². The van der Waals surface area contributed by atoms with Crippen LogP contribution in [0.1, 0.15) is 25.5 Å². The van der Waals surface area contributed by atoms with Gasteiger partial charge in [-0.25, -0.2) is 4.98 Å². The van der Waals surface area contributed by atoms with E-state index >= 15 is 0 Å². The van der Waals surface area contributed by atoms with Gasteiger partial charge in [0.1, 0.15) is 0 Å². The molecule has 2 aromatic rings. The zero-order valence-electron chi connectivity index (χ0n) is 11.8. The quantitative estimate of drug-likeness (QED) is 0.888. The summed E-state index contributed by atoms with van der Waals surface area (Å²) in [6, 6.07) is 4.53. The van der Waals surface area contributed by atoms with Gasteiger partial charge in [0.25, 0.3) is 0 Å². The molecule has 0 spiro atoms. The molecule has 2 aromatic heterocycles. The van der Waals surface area contributed by atoms with Crippen molar-refractivity contribution in [3.05, 3.63) is 29.5 Å². The van der Waals surface area contributed by atoms with Crippen LogP contribution < -0.4 is 5.32 Å². The molecule has 108 valence electrons. The lowest BCUT2D eigenvalue weighted by atomic mass is 10.2. The molecule has 0 saturated carbocycles. The van der Waals surface area contributed by atoms with Crippen LogP contribution in [0, 0.1) is 0 Å². The van der Waals surface area contributed by atoms with E-state index in [0.29, 0.717) is 6.04 Å². The Morgan fingerprint density at radius 2 is 2.50 bits per heavy atom. The van der Waals surface area contributed by atoms with Gasteiger partial charge in [0.05, 0.1) is 12.0 Å². The van der Waals surface area contributed by atoms with E-state index in [1.165, 1.54) is 12.8 Å². The maximum atomic E-state index is 5.41. The molecule has 3 heterocycles. The van der Waals surface area contributed by atoms with Gasteiger partial charge in [0, 0.05) is 24.5 Å². The second kappa shape index (κ2) is 6.52. The Balaban J connectivity index is 1.68. The number of aromatic nitrogens is 1. The Morgan fingerprint density at radius 1 is 1.55 bits per heavy atom. The summed E-state index contributed by atoms with van der Waals surface area (Å²) in [4.78, 5) is 7.27. The topological polar surface area (TPSA) is 41.3 Å². The van der Waals surface area contributed by atoms with E-state index in [9.17, 15) is 0 Å². The fourth-order valence-electron chi connectivity index (χ4n) is 2.73. The summed E-state index contributed by atoms with van der Waals surface area (Å²) in [5.74, 6) is 0.867. The molecule has 1 fully saturated rings. The van der Waals surface area contributed by atoms with E-state index in [2.05, 4.69) is 22.5 Å². The Bertz CT molecular complexity index is 517. The molecule has 1 aliphatic rings. The van der Waals surface area contributed by atoms with Crippen LogP contribution >= 0.6 is 11.3 Å². The highest BCUT2D eigenvalue weighted by Gasteiger charge is 2.22. The number of nitrogens with zero attached hydrogens (tertiary/aromatic N) is 2. The van der Waals surface area contributed by atoms with Crippen molar-refractivity contribution in [1.29, 1.82) is 0 Å². The Kier molecular flexibility index (Phi) is 4.50. The third-order valence-electron chi connectivity index (χ3n) is 3.71. The van der Waals surface area contributed by atoms with E-state index in [-0.39, 0.29) is 0 Å². The lowest BCUT2D eigenvalue weighted by Crippen LogP contribution is -2.37. The molecule has 20 heavy (non-hydrogen) atoms. The van der Waals surface area contributed by atoms with Crippen LogP contribution in [0.5, 0.6) is 0 Å². The predicted molar refractivity (Wildman–Crippen MR) is 81.8 cm³/mol. The summed E-state index contributed by atoms with van der Waals surface area (Å²) in [5, 5.41) is 6.58. The standard InChI is InChI=1S/C15H21N3OS/c1-2-7-18(13-5-6-16-9-13)10-12-11-20-15(17-12)14-4-3-8-19-14/h3-4,8,11,13,16H,2,5-7,9-10H2,1H3. The van der Waals surface area contributed by atoms with Crippen molar-refractivity contribution in [3.63, 3.8) is 0 Å². The number of hydrogen-bond donors (Lipinski definition) is 1. The van der Waals surface area contributed by atoms with Crippen molar-refractivity contribution in [2.75, 3.05) is 19.6 Å². The fraction of sp³-hybridized carbons (Fsp3) is 0.533. The summed E-state index contributed by atoms with van der Waals surface area (Å²) < 4.78 is 5.41. The molecule has 0 aromatic carbocycles. The van der Waals surface area contributed by atoms with E-state index in [4.69, 9.17) is 9.40 Å². The molecule has 5 heteroatoms. The Morgan fingerprint density at radius 3 is 3.20 bits per heavy atom. The average molecular weight is 291 g/mol. The van der Waals surface area contributed by atoms with Gasteiger partial charge in [-0.2, -0.15) is 0 Å². The lowest BCUT2D eigenvalue weighted by molar-refractivity contribution is 0.197. The minimum atomic E-state index is 0.656. The van der Waals surface area contributed by atoms with Gasteiger partial charge >= 0.3 is 0 Å². The predicted octanol–water partition coefficient (Wildman–Crippen LogP) is 2.98. The molecule has 1 saturated heterocycles. The molecular weight excluding hydrogens is 270 g/mol. The molecule has 1 atom stereocenters. The number of hydrogen-bond acceptors (Lipinski definition) is 5. The number of furan rings is 1. The van der Waals surface area contributed by atoms with Gasteiger partial charge in [0.2, 0.25) is 0 Å². The van der Waals surface area contributed by atoms with Gasteiger partial charge in [0.15, 0.2) is 10.8 Å². The zero-order valence-corrected chi connectivity index (χ0v) is 12.7. The van der Waals surface area contributed by atoms with Crippen LogP contribution in [0.2, 0.25) is 0 Å². The number of nitrogens with one attached hydrogen (secondary N) is 1. The number of rotatable bonds is 6. The van der Waals surface area contributed by atoms with Gasteiger partial charge in [-0.3, -0.25) is 4.90 Å². The van der Waals surface area contributed by atoms with Crippen LogP contribution in [-0.4, -0.2) is 35.6 Å². The van der Waals surface area contributed by atoms with Crippen molar-refractivity contribution < 1.29 is 4.42 Å². The van der Waals surface area contributed by atoms with Gasteiger partial charge in [-0.05, 0) is 38.1 Å². The molecule has 0 amide bonds. The van der Waals surface area contributed by atoms with Crippen molar-refractivity contribution in [2.45, 2.75) is 32.4 Å². The van der Waals surface area contributed by atoms with Crippen LogP contribution in [0.3, 0.4) is 0 Å². The first-order chi connectivity index (χ1) is 9.86. The second-order valence-corrected chi connectivity index (χ2v) is 6.10. The highest BCUT2D eigenvalue weighted by molar-refractivity contribution is 7.13. The molecule has 4 nitrogen and oxygen atoms in total. The smallest absolute Gasteiger partial charge is 0.162 e. The van der Waals surface area contributed by atoms with E-state index < -0.39 is 0 Å². The van der Waals surface area contributed by atoms with Crippen molar-refractivity contribution in [1.82, 2.24) is 15.2 Å². The molecular formula is C15H21N3OS. The first-order valence-corrected chi connectivity index (χ1v) is 8.18. The maximum Gasteiger partial charge on any atom is 0.162 e. The van der Waals surface area contributed by atoms with Crippen LogP contribution in [0.4, 0.5) is 0 Å². The summed E-state index contributed by atoms with van der Waals surface area (Å²) >= 11 is 1.66. The molecule has 1 unspecified atom stereocenters. The highest BCUT2D eigenvalue weighted by Crippen LogP contribution is 2.25. The molecule has 0 radical (unpaired) electrons. The van der Waals surface area contributed by atoms with Gasteiger partial charge in [-0.15, -0.1) is 11.3 Å². The number of thiazole rings is 1. The summed E-state index contributed by atoms with van der Waals surface area (Å²) in [6.07, 6.45) is 4.13. The monoisotopic (exact) mass is 291 g/mol. The Hall–Kier alpha value is -1.17. The fourth-order valence-corrected chi connectivity index (χ4v) is 3.51. The van der Waals surface area contributed by atoms with Crippen molar-refractivity contribution >= 4 is 11.3 Å². The third kappa shape index (κ3) is 3.11. The van der Waals surface area contributed by atoms with E-state index in [0.717, 1.165) is 42.6 Å². The Labute approximate surface area is 123 Å². The molecule has 0 bridgehead atoms.